The number of carbonyl (C=O) groups excluding carboxylic acids is 2. The lowest BCUT2D eigenvalue weighted by Crippen LogP contribution is -2.37. The third-order valence-electron chi connectivity index (χ3n) is 6.23. The monoisotopic (exact) mass is 477 g/mol. The number of carbonyl (C=O) groups is 2. The molecule has 2 aliphatic heterocycles. The summed E-state index contributed by atoms with van der Waals surface area (Å²) in [5.74, 6) is -1.77. The van der Waals surface area contributed by atoms with Crippen molar-refractivity contribution >= 4 is 40.5 Å². The second kappa shape index (κ2) is 8.23. The molecule has 0 bridgehead atoms. The first-order chi connectivity index (χ1) is 16.3. The topological polar surface area (TPSA) is 93.0 Å². The molecule has 2 saturated heterocycles. The smallest absolute Gasteiger partial charge is 0.273 e. The number of aryl methyl sites for hydroxylation is 2. The van der Waals surface area contributed by atoms with Crippen LogP contribution in [0.2, 0.25) is 5.02 Å². The molecule has 0 radical (unpaired) electrons. The number of para-hydroxylation sites is 1. The maximum atomic E-state index is 13.7. The Morgan fingerprint density at radius 2 is 1.71 bits per heavy atom. The zero-order chi connectivity index (χ0) is 24.1. The number of nitro benzene ring substituents is 1. The summed E-state index contributed by atoms with van der Waals surface area (Å²) in [5.41, 5.74) is 3.11. The molecule has 8 nitrogen and oxygen atoms in total. The molecule has 3 aromatic carbocycles. The van der Waals surface area contributed by atoms with Gasteiger partial charge < -0.3 is 0 Å². The van der Waals surface area contributed by atoms with Crippen molar-refractivity contribution in [1.29, 1.82) is 0 Å². The molecule has 172 valence electrons. The summed E-state index contributed by atoms with van der Waals surface area (Å²) in [6.07, 6.45) is -1.06. The minimum absolute atomic E-state index is 0.0128. The molecule has 0 N–H and O–H groups in total. The molecule has 2 heterocycles. The normalized spacial score (nSPS) is 21.8. The Balaban J connectivity index is 1.63. The lowest BCUT2D eigenvalue weighted by atomic mass is 9.90. The first-order valence-corrected chi connectivity index (χ1v) is 11.1. The Hall–Kier alpha value is -3.75. The van der Waals surface area contributed by atoms with Gasteiger partial charge in [-0.05, 0) is 49.2 Å². The van der Waals surface area contributed by atoms with Crippen LogP contribution in [0.1, 0.15) is 22.7 Å². The maximum absolute atomic E-state index is 13.7. The quantitative estimate of drug-likeness (QED) is 0.301. The molecule has 0 aliphatic carbocycles. The summed E-state index contributed by atoms with van der Waals surface area (Å²) < 4.78 is 0. The fourth-order valence-corrected chi connectivity index (χ4v) is 4.89. The van der Waals surface area contributed by atoms with Crippen molar-refractivity contribution in [3.63, 3.8) is 0 Å². The summed E-state index contributed by atoms with van der Waals surface area (Å²) in [4.78, 5) is 45.4. The molecule has 2 amide bonds. The second-order valence-corrected chi connectivity index (χ2v) is 8.83. The highest BCUT2D eigenvalue weighted by Gasteiger charge is 2.60. The Morgan fingerprint density at radius 3 is 2.38 bits per heavy atom. The molecule has 5 rings (SSSR count). The number of nitrogens with zero attached hydrogens (tertiary/aromatic N) is 3. The number of nitro groups is 1. The van der Waals surface area contributed by atoms with Gasteiger partial charge in [-0.1, -0.05) is 53.6 Å². The van der Waals surface area contributed by atoms with Gasteiger partial charge >= 0.3 is 0 Å². The number of imide groups is 1. The van der Waals surface area contributed by atoms with Gasteiger partial charge in [0, 0.05) is 6.07 Å². The average Bonchev–Trinajstić information content (AvgIpc) is 3.31. The highest BCUT2D eigenvalue weighted by molar-refractivity contribution is 6.32. The van der Waals surface area contributed by atoms with E-state index in [1.165, 1.54) is 22.1 Å². The van der Waals surface area contributed by atoms with E-state index < -0.39 is 34.8 Å². The average molecular weight is 478 g/mol. The van der Waals surface area contributed by atoms with E-state index in [2.05, 4.69) is 0 Å². The minimum Gasteiger partial charge on any atom is -0.273 e. The Morgan fingerprint density at radius 1 is 0.971 bits per heavy atom. The number of hydroxylamine groups is 1. The van der Waals surface area contributed by atoms with E-state index in [0.717, 1.165) is 11.1 Å². The third kappa shape index (κ3) is 3.43. The van der Waals surface area contributed by atoms with Crippen molar-refractivity contribution in [2.45, 2.75) is 26.0 Å². The van der Waals surface area contributed by atoms with Gasteiger partial charge in [-0.2, -0.15) is 0 Å². The van der Waals surface area contributed by atoms with Crippen molar-refractivity contribution < 1.29 is 19.3 Å². The molecule has 0 unspecified atom stereocenters. The molecule has 34 heavy (non-hydrogen) atoms. The van der Waals surface area contributed by atoms with E-state index >= 15 is 0 Å². The van der Waals surface area contributed by atoms with Gasteiger partial charge in [-0.25, -0.2) is 9.96 Å². The molecule has 0 aromatic heterocycles. The maximum Gasteiger partial charge on any atom is 0.288 e. The first-order valence-electron chi connectivity index (χ1n) is 10.7. The van der Waals surface area contributed by atoms with Crippen LogP contribution in [-0.4, -0.2) is 22.8 Å². The number of rotatable bonds is 4. The lowest BCUT2D eigenvalue weighted by Gasteiger charge is -2.29. The number of anilines is 2. The zero-order valence-corrected chi connectivity index (χ0v) is 19.1. The summed E-state index contributed by atoms with van der Waals surface area (Å²) >= 11 is 6.03. The fraction of sp³-hybridized carbons (Fsp3) is 0.200. The highest BCUT2D eigenvalue weighted by atomic mass is 35.5. The van der Waals surface area contributed by atoms with Crippen LogP contribution in [0.4, 0.5) is 17.1 Å². The largest absolute Gasteiger partial charge is 0.288 e. The Bertz CT molecular complexity index is 1330. The third-order valence-corrected chi connectivity index (χ3v) is 6.55. The molecular formula is C25H20ClN3O5. The van der Waals surface area contributed by atoms with Crippen LogP contribution in [0, 0.1) is 29.9 Å². The zero-order valence-electron chi connectivity index (χ0n) is 18.3. The molecule has 0 spiro atoms. The summed E-state index contributed by atoms with van der Waals surface area (Å²) in [6.45, 7) is 3.78. The Labute approximate surface area is 200 Å². The minimum atomic E-state index is -1.06. The van der Waals surface area contributed by atoms with Crippen LogP contribution in [0.15, 0.2) is 66.7 Å². The van der Waals surface area contributed by atoms with Crippen LogP contribution in [0.25, 0.3) is 0 Å². The molecule has 3 atom stereocenters. The van der Waals surface area contributed by atoms with Gasteiger partial charge in [0.1, 0.15) is 10.9 Å². The highest BCUT2D eigenvalue weighted by Crippen LogP contribution is 2.48. The number of benzene rings is 3. The van der Waals surface area contributed by atoms with Gasteiger partial charge in [-0.3, -0.25) is 24.5 Å². The van der Waals surface area contributed by atoms with Gasteiger partial charge in [0.05, 0.1) is 22.3 Å². The van der Waals surface area contributed by atoms with E-state index in [9.17, 15) is 19.7 Å². The van der Waals surface area contributed by atoms with Crippen LogP contribution in [-0.2, 0) is 14.4 Å². The number of amides is 2. The molecule has 9 heteroatoms. The van der Waals surface area contributed by atoms with E-state index in [4.69, 9.17) is 16.4 Å². The van der Waals surface area contributed by atoms with Crippen molar-refractivity contribution in [3.8, 4) is 0 Å². The van der Waals surface area contributed by atoms with E-state index in [1.807, 2.05) is 32.0 Å². The second-order valence-electron chi connectivity index (χ2n) is 8.43. The molecule has 3 aromatic rings. The summed E-state index contributed by atoms with van der Waals surface area (Å²) in [7, 11) is 0. The number of hydrogen-bond donors (Lipinski definition) is 0. The summed E-state index contributed by atoms with van der Waals surface area (Å²) in [6, 6.07) is 18.1. The van der Waals surface area contributed by atoms with Crippen LogP contribution < -0.4 is 9.96 Å². The fourth-order valence-electron chi connectivity index (χ4n) is 4.70. The lowest BCUT2D eigenvalue weighted by molar-refractivity contribution is -0.384. The number of fused-ring (bicyclic) bond motifs is 1. The van der Waals surface area contributed by atoms with Gasteiger partial charge in [-0.15, -0.1) is 0 Å². The standard InChI is InChI=1S/C25H20ClN3O5/c1-14-8-11-19(15(2)12-14)27-24(30)21-22(16-9-10-18(26)20(13-16)29(32)33)28(34-23(21)25(27)31)17-6-4-3-5-7-17/h3-13,21-23H,1-2H3/t21-,22-,23+/m1/s1. The number of halogens is 1. The van der Waals surface area contributed by atoms with E-state index in [0.29, 0.717) is 16.9 Å². The van der Waals surface area contributed by atoms with Crippen LogP contribution in [0.3, 0.4) is 0 Å². The van der Waals surface area contributed by atoms with Crippen LogP contribution in [0.5, 0.6) is 0 Å². The first kappa shape index (κ1) is 22.1. The van der Waals surface area contributed by atoms with Crippen molar-refractivity contribution in [3.05, 3.63) is 98.6 Å². The van der Waals surface area contributed by atoms with E-state index in [1.54, 1.807) is 36.4 Å². The predicted molar refractivity (Wildman–Crippen MR) is 127 cm³/mol. The van der Waals surface area contributed by atoms with Crippen LogP contribution >= 0.6 is 11.6 Å². The molecule has 2 fully saturated rings. The van der Waals surface area contributed by atoms with Gasteiger partial charge in [0.15, 0.2) is 6.10 Å². The summed E-state index contributed by atoms with van der Waals surface area (Å²) in [5, 5.41) is 13.0. The van der Waals surface area contributed by atoms with Crippen molar-refractivity contribution in [2.75, 3.05) is 9.96 Å². The molecule has 0 saturated carbocycles. The number of hydrogen-bond acceptors (Lipinski definition) is 6. The van der Waals surface area contributed by atoms with Gasteiger partial charge in [0.25, 0.3) is 11.6 Å². The predicted octanol–water partition coefficient (Wildman–Crippen LogP) is 4.92. The van der Waals surface area contributed by atoms with Crippen molar-refractivity contribution in [1.82, 2.24) is 0 Å². The van der Waals surface area contributed by atoms with Gasteiger partial charge in [0.2, 0.25) is 5.91 Å². The van der Waals surface area contributed by atoms with E-state index in [-0.39, 0.29) is 10.7 Å². The SMILES string of the molecule is Cc1ccc(N2C(=O)[C@H]3[C@H](ON(c4ccccc4)[C@@H]3c3ccc(Cl)c([N+](=O)[O-])c3)C2=O)c(C)c1. The molecular weight excluding hydrogens is 458 g/mol. The Kier molecular flexibility index (Phi) is 5.34. The molecule has 2 aliphatic rings. The van der Waals surface area contributed by atoms with Crippen molar-refractivity contribution in [2.24, 2.45) is 5.92 Å².